The molecule has 0 aromatic carbocycles. The Labute approximate surface area is 96.3 Å². The summed E-state index contributed by atoms with van der Waals surface area (Å²) in [6.45, 7) is 1.66. The van der Waals surface area contributed by atoms with Crippen LogP contribution in [0.4, 0.5) is 18.3 Å². The fraction of sp³-hybridized carbons (Fsp3) is 0.667. The summed E-state index contributed by atoms with van der Waals surface area (Å²) in [4.78, 5) is 6.15. The summed E-state index contributed by atoms with van der Waals surface area (Å²) in [5.41, 5.74) is 0. The molecule has 0 aliphatic carbocycles. The van der Waals surface area contributed by atoms with Gasteiger partial charge in [-0.3, -0.25) is 0 Å². The second-order valence-corrected chi connectivity index (χ2v) is 4.36. The maximum atomic E-state index is 12.3. The van der Waals surface area contributed by atoms with E-state index in [1.165, 1.54) is 16.2 Å². The molecule has 1 aromatic heterocycles. The van der Waals surface area contributed by atoms with Gasteiger partial charge in [-0.25, -0.2) is 4.98 Å². The van der Waals surface area contributed by atoms with E-state index in [0.29, 0.717) is 18.2 Å². The van der Waals surface area contributed by atoms with E-state index in [1.54, 1.807) is 20.2 Å². The molecule has 92 valence electrons. The van der Waals surface area contributed by atoms with Crippen molar-refractivity contribution < 1.29 is 13.2 Å². The van der Waals surface area contributed by atoms with Crippen LogP contribution >= 0.6 is 11.3 Å². The van der Waals surface area contributed by atoms with Crippen molar-refractivity contribution in [3.63, 3.8) is 0 Å². The van der Waals surface area contributed by atoms with Crippen LogP contribution in [-0.4, -0.2) is 31.3 Å². The van der Waals surface area contributed by atoms with Gasteiger partial charge in [0, 0.05) is 24.2 Å². The van der Waals surface area contributed by atoms with Gasteiger partial charge in [-0.05, 0) is 14.0 Å². The van der Waals surface area contributed by atoms with Crippen molar-refractivity contribution in [2.24, 2.45) is 0 Å². The summed E-state index contributed by atoms with van der Waals surface area (Å²) >= 11 is 1.28. The molecule has 0 saturated carbocycles. The van der Waals surface area contributed by atoms with E-state index in [2.05, 4.69) is 10.3 Å². The minimum absolute atomic E-state index is 0.298. The van der Waals surface area contributed by atoms with E-state index in [-0.39, 0.29) is 0 Å². The quantitative estimate of drug-likeness (QED) is 0.872. The molecule has 0 bridgehead atoms. The molecule has 7 heteroatoms. The highest BCUT2D eigenvalue weighted by molar-refractivity contribution is 7.15. The van der Waals surface area contributed by atoms with Crippen molar-refractivity contribution in [2.45, 2.75) is 19.6 Å². The van der Waals surface area contributed by atoms with Crippen LogP contribution in [0.15, 0.2) is 6.20 Å². The lowest BCUT2D eigenvalue weighted by atomic mass is 10.5. The minimum Gasteiger partial charge on any atom is -0.339 e. The van der Waals surface area contributed by atoms with Crippen molar-refractivity contribution in [3.05, 3.63) is 11.1 Å². The van der Waals surface area contributed by atoms with Crippen LogP contribution in [0.2, 0.25) is 0 Å². The molecule has 0 spiro atoms. The Morgan fingerprint density at radius 1 is 1.50 bits per heavy atom. The maximum Gasteiger partial charge on any atom is 0.406 e. The molecule has 1 rings (SSSR count). The number of hydrogen-bond acceptors (Lipinski definition) is 4. The summed E-state index contributed by atoms with van der Waals surface area (Å²) < 4.78 is 36.8. The molecule has 0 aliphatic heterocycles. The van der Waals surface area contributed by atoms with Crippen LogP contribution in [0.5, 0.6) is 0 Å². The van der Waals surface area contributed by atoms with Gasteiger partial charge in [0.25, 0.3) is 0 Å². The van der Waals surface area contributed by atoms with Crippen LogP contribution < -0.4 is 10.2 Å². The number of rotatable bonds is 5. The number of aromatic nitrogens is 1. The largest absolute Gasteiger partial charge is 0.406 e. The fourth-order valence-electron chi connectivity index (χ4n) is 1.23. The van der Waals surface area contributed by atoms with Gasteiger partial charge in [0.2, 0.25) is 0 Å². The van der Waals surface area contributed by atoms with E-state index in [0.717, 1.165) is 4.88 Å². The first-order valence-electron chi connectivity index (χ1n) is 4.87. The third kappa shape index (κ3) is 3.97. The van der Waals surface area contributed by atoms with Crippen LogP contribution in [0, 0.1) is 0 Å². The summed E-state index contributed by atoms with van der Waals surface area (Å²) in [6, 6.07) is 0. The van der Waals surface area contributed by atoms with Gasteiger partial charge in [-0.2, -0.15) is 13.2 Å². The van der Waals surface area contributed by atoms with Crippen molar-refractivity contribution in [2.75, 3.05) is 25.0 Å². The van der Waals surface area contributed by atoms with Crippen molar-refractivity contribution >= 4 is 16.5 Å². The first kappa shape index (κ1) is 13.2. The van der Waals surface area contributed by atoms with Crippen LogP contribution in [-0.2, 0) is 6.54 Å². The third-order valence-electron chi connectivity index (χ3n) is 1.91. The molecule has 0 amide bonds. The highest BCUT2D eigenvalue weighted by Crippen LogP contribution is 2.26. The Morgan fingerprint density at radius 2 is 2.19 bits per heavy atom. The Morgan fingerprint density at radius 3 is 2.69 bits per heavy atom. The number of nitrogens with one attached hydrogen (secondary N) is 1. The monoisotopic (exact) mass is 253 g/mol. The van der Waals surface area contributed by atoms with E-state index in [4.69, 9.17) is 0 Å². The number of nitrogens with zero attached hydrogens (tertiary/aromatic N) is 2. The molecule has 0 fully saturated rings. The summed E-state index contributed by atoms with van der Waals surface area (Å²) in [5.74, 6) is 0. The van der Waals surface area contributed by atoms with Gasteiger partial charge < -0.3 is 10.2 Å². The van der Waals surface area contributed by atoms with E-state index >= 15 is 0 Å². The topological polar surface area (TPSA) is 28.2 Å². The third-order valence-corrected chi connectivity index (χ3v) is 2.97. The smallest absolute Gasteiger partial charge is 0.339 e. The number of alkyl halides is 3. The Hall–Kier alpha value is -0.820. The van der Waals surface area contributed by atoms with Gasteiger partial charge in [0.15, 0.2) is 5.13 Å². The van der Waals surface area contributed by atoms with Crippen molar-refractivity contribution in [1.29, 1.82) is 0 Å². The van der Waals surface area contributed by atoms with Crippen molar-refractivity contribution in [3.8, 4) is 0 Å². The van der Waals surface area contributed by atoms with Gasteiger partial charge in [0.1, 0.15) is 6.54 Å². The van der Waals surface area contributed by atoms with Gasteiger partial charge in [-0.1, -0.05) is 0 Å². The van der Waals surface area contributed by atoms with Crippen LogP contribution in [0.3, 0.4) is 0 Å². The molecule has 0 unspecified atom stereocenters. The van der Waals surface area contributed by atoms with E-state index in [1.807, 2.05) is 0 Å². The minimum atomic E-state index is -4.19. The molecule has 1 heterocycles. The average molecular weight is 253 g/mol. The molecule has 3 nitrogen and oxygen atoms in total. The van der Waals surface area contributed by atoms with Gasteiger partial charge >= 0.3 is 6.18 Å². The molecule has 1 N–H and O–H groups in total. The molecule has 0 radical (unpaired) electrons. The average Bonchev–Trinajstić information content (AvgIpc) is 2.62. The first-order valence-corrected chi connectivity index (χ1v) is 5.69. The number of halogens is 3. The zero-order chi connectivity index (χ0) is 12.2. The number of anilines is 1. The SMILES string of the molecule is CCN(CC(F)(F)F)c1ncc(CNC)s1. The highest BCUT2D eigenvalue weighted by Gasteiger charge is 2.31. The predicted octanol–water partition coefficient (Wildman–Crippen LogP) is 2.25. The summed E-state index contributed by atoms with van der Waals surface area (Å²) in [5, 5.41) is 3.35. The number of thiazole rings is 1. The second kappa shape index (κ2) is 5.49. The Kier molecular flexibility index (Phi) is 4.55. The fourth-order valence-corrected chi connectivity index (χ4v) is 2.22. The predicted molar refractivity (Wildman–Crippen MR) is 58.8 cm³/mol. The van der Waals surface area contributed by atoms with E-state index in [9.17, 15) is 13.2 Å². The zero-order valence-electron chi connectivity index (χ0n) is 9.14. The highest BCUT2D eigenvalue weighted by atomic mass is 32.1. The molecule has 16 heavy (non-hydrogen) atoms. The number of hydrogen-bond donors (Lipinski definition) is 1. The van der Waals surface area contributed by atoms with Crippen LogP contribution in [0.1, 0.15) is 11.8 Å². The molecule has 0 atom stereocenters. The van der Waals surface area contributed by atoms with Crippen molar-refractivity contribution in [1.82, 2.24) is 10.3 Å². The molecular formula is C9H14F3N3S. The molecule has 0 saturated heterocycles. The first-order chi connectivity index (χ1) is 7.46. The molecule has 1 aromatic rings. The Bertz CT molecular complexity index is 324. The normalized spacial score (nSPS) is 11.8. The molecule has 0 aliphatic rings. The maximum absolute atomic E-state index is 12.3. The summed E-state index contributed by atoms with van der Waals surface area (Å²) in [7, 11) is 1.78. The lowest BCUT2D eigenvalue weighted by Crippen LogP contribution is -2.33. The zero-order valence-corrected chi connectivity index (χ0v) is 9.95. The Balaban J connectivity index is 2.71. The lowest BCUT2D eigenvalue weighted by molar-refractivity contribution is -0.119. The van der Waals surface area contributed by atoms with E-state index < -0.39 is 12.7 Å². The van der Waals surface area contributed by atoms with Gasteiger partial charge in [-0.15, -0.1) is 11.3 Å². The summed E-state index contributed by atoms with van der Waals surface area (Å²) in [6.07, 6.45) is -2.58. The molecular weight excluding hydrogens is 239 g/mol. The standard InChI is InChI=1S/C9H14F3N3S/c1-3-15(6-9(10,11)12)8-14-5-7(16-8)4-13-2/h5,13H,3-4,6H2,1-2H3. The second-order valence-electron chi connectivity index (χ2n) is 3.27. The van der Waals surface area contributed by atoms with Gasteiger partial charge in [0.05, 0.1) is 0 Å². The lowest BCUT2D eigenvalue weighted by Gasteiger charge is -2.21. The van der Waals surface area contributed by atoms with Crippen LogP contribution in [0.25, 0.3) is 0 Å².